The molecule has 1 rings (SSSR count). The van der Waals surface area contributed by atoms with Crippen molar-refractivity contribution in [3.8, 4) is 0 Å². The van der Waals surface area contributed by atoms with Gasteiger partial charge in [0.1, 0.15) is 6.61 Å². The van der Waals surface area contributed by atoms with Crippen LogP contribution in [0, 0.1) is 0 Å². The predicted molar refractivity (Wildman–Crippen MR) is 67.6 cm³/mol. The quantitative estimate of drug-likeness (QED) is 0.511. The van der Waals surface area contributed by atoms with Crippen LogP contribution >= 0.6 is 23.2 Å². The molecular formula is C11H13Cl2NO3. The van der Waals surface area contributed by atoms with E-state index in [2.05, 4.69) is 0 Å². The average Bonchev–Trinajstić information content (AvgIpc) is 2.30. The maximum absolute atomic E-state index is 11.6. The number of carbonyl (C=O) groups excluding carboxylic acids is 1. The van der Waals surface area contributed by atoms with E-state index in [1.165, 1.54) is 12.1 Å². The van der Waals surface area contributed by atoms with Gasteiger partial charge in [-0.15, -0.1) is 0 Å². The SMILES string of the molecule is CCOCCOC(=O)c1cc(N)c(Cl)c(Cl)c1. The number of nitrogens with two attached hydrogens (primary N) is 1. The van der Waals surface area contributed by atoms with Gasteiger partial charge in [0, 0.05) is 6.61 Å². The molecule has 1 aromatic carbocycles. The molecule has 0 radical (unpaired) electrons. The maximum Gasteiger partial charge on any atom is 0.338 e. The van der Waals surface area contributed by atoms with Crippen molar-refractivity contribution in [1.29, 1.82) is 0 Å². The Hall–Kier alpha value is -0.970. The Morgan fingerprint density at radius 1 is 1.35 bits per heavy atom. The summed E-state index contributed by atoms with van der Waals surface area (Å²) in [4.78, 5) is 11.6. The van der Waals surface area contributed by atoms with Gasteiger partial charge in [0.2, 0.25) is 0 Å². The first-order valence-corrected chi connectivity index (χ1v) is 5.81. The number of benzene rings is 1. The van der Waals surface area contributed by atoms with Crippen molar-refractivity contribution in [3.05, 3.63) is 27.7 Å². The van der Waals surface area contributed by atoms with Crippen molar-refractivity contribution >= 4 is 34.9 Å². The first-order valence-electron chi connectivity index (χ1n) is 5.05. The number of esters is 1. The van der Waals surface area contributed by atoms with E-state index in [1.807, 2.05) is 6.92 Å². The second-order valence-electron chi connectivity index (χ2n) is 3.19. The molecule has 0 bridgehead atoms. The van der Waals surface area contributed by atoms with Gasteiger partial charge < -0.3 is 15.2 Å². The summed E-state index contributed by atoms with van der Waals surface area (Å²) in [5.41, 5.74) is 6.10. The summed E-state index contributed by atoms with van der Waals surface area (Å²) in [5, 5.41) is 0.459. The summed E-state index contributed by atoms with van der Waals surface area (Å²) in [5.74, 6) is -0.505. The minimum Gasteiger partial charge on any atom is -0.460 e. The normalized spacial score (nSPS) is 10.3. The van der Waals surface area contributed by atoms with Crippen molar-refractivity contribution in [1.82, 2.24) is 0 Å². The highest BCUT2D eigenvalue weighted by Crippen LogP contribution is 2.29. The summed E-state index contributed by atoms with van der Waals surface area (Å²) >= 11 is 11.6. The molecular weight excluding hydrogens is 265 g/mol. The molecule has 2 N–H and O–H groups in total. The second-order valence-corrected chi connectivity index (χ2v) is 3.98. The van der Waals surface area contributed by atoms with Crippen LogP contribution in [0.25, 0.3) is 0 Å². The van der Waals surface area contributed by atoms with E-state index in [0.29, 0.717) is 13.2 Å². The van der Waals surface area contributed by atoms with Gasteiger partial charge in [-0.1, -0.05) is 23.2 Å². The Bertz CT molecular complexity index is 387. The van der Waals surface area contributed by atoms with E-state index in [-0.39, 0.29) is 27.9 Å². The molecule has 0 fully saturated rings. The number of rotatable bonds is 5. The lowest BCUT2D eigenvalue weighted by molar-refractivity contribution is 0.0335. The van der Waals surface area contributed by atoms with E-state index in [9.17, 15) is 4.79 Å². The first-order chi connectivity index (χ1) is 8.06. The lowest BCUT2D eigenvalue weighted by Gasteiger charge is -2.07. The Balaban J connectivity index is 2.63. The third-order valence-corrected chi connectivity index (χ3v) is 2.77. The molecule has 6 heteroatoms. The Kier molecular flexibility index (Phi) is 5.55. The monoisotopic (exact) mass is 277 g/mol. The zero-order chi connectivity index (χ0) is 12.8. The molecule has 0 aromatic heterocycles. The summed E-state index contributed by atoms with van der Waals surface area (Å²) in [6, 6.07) is 2.85. The van der Waals surface area contributed by atoms with E-state index in [4.69, 9.17) is 38.4 Å². The summed E-state index contributed by atoms with van der Waals surface area (Å²) < 4.78 is 10.00. The zero-order valence-corrected chi connectivity index (χ0v) is 10.8. The highest BCUT2D eigenvalue weighted by Gasteiger charge is 2.12. The fraction of sp³-hybridized carbons (Fsp3) is 0.364. The van der Waals surface area contributed by atoms with Crippen LogP contribution in [0.5, 0.6) is 0 Å². The number of nitrogen functional groups attached to an aromatic ring is 1. The summed E-state index contributed by atoms with van der Waals surface area (Å²) in [7, 11) is 0. The fourth-order valence-corrected chi connectivity index (χ4v) is 1.48. The van der Waals surface area contributed by atoms with Crippen molar-refractivity contribution < 1.29 is 14.3 Å². The van der Waals surface area contributed by atoms with Crippen molar-refractivity contribution in [2.75, 3.05) is 25.6 Å². The second kappa shape index (κ2) is 6.69. The molecule has 94 valence electrons. The lowest BCUT2D eigenvalue weighted by Crippen LogP contribution is -2.11. The number of ether oxygens (including phenoxy) is 2. The molecule has 4 nitrogen and oxygen atoms in total. The van der Waals surface area contributed by atoms with E-state index >= 15 is 0 Å². The van der Waals surface area contributed by atoms with Gasteiger partial charge in [0.15, 0.2) is 0 Å². The minimum atomic E-state index is -0.505. The fourth-order valence-electron chi connectivity index (χ4n) is 1.15. The van der Waals surface area contributed by atoms with Gasteiger partial charge in [-0.2, -0.15) is 0 Å². The van der Waals surface area contributed by atoms with Crippen LogP contribution in [0.2, 0.25) is 10.0 Å². The van der Waals surface area contributed by atoms with Crippen molar-refractivity contribution in [2.24, 2.45) is 0 Å². The molecule has 0 saturated carbocycles. The Morgan fingerprint density at radius 2 is 2.06 bits per heavy atom. The molecule has 0 unspecified atom stereocenters. The highest BCUT2D eigenvalue weighted by atomic mass is 35.5. The number of hydrogen-bond donors (Lipinski definition) is 1. The van der Waals surface area contributed by atoms with Crippen LogP contribution in [-0.4, -0.2) is 25.8 Å². The molecule has 0 amide bonds. The minimum absolute atomic E-state index is 0.187. The van der Waals surface area contributed by atoms with Gasteiger partial charge in [-0.05, 0) is 19.1 Å². The number of hydrogen-bond acceptors (Lipinski definition) is 4. The molecule has 0 saturated heterocycles. The van der Waals surface area contributed by atoms with Crippen molar-refractivity contribution in [3.63, 3.8) is 0 Å². The summed E-state index contributed by atoms with van der Waals surface area (Å²) in [6.07, 6.45) is 0. The predicted octanol–water partition coefficient (Wildman–Crippen LogP) is 2.77. The standard InChI is InChI=1S/C11H13Cl2NO3/c1-2-16-3-4-17-11(15)7-5-8(12)10(13)9(14)6-7/h5-6H,2-4,14H2,1H3. The smallest absolute Gasteiger partial charge is 0.338 e. The van der Waals surface area contributed by atoms with Crippen LogP contribution in [0.3, 0.4) is 0 Å². The van der Waals surface area contributed by atoms with Crippen LogP contribution < -0.4 is 5.73 Å². The molecule has 0 aliphatic rings. The van der Waals surface area contributed by atoms with Gasteiger partial charge >= 0.3 is 5.97 Å². The zero-order valence-electron chi connectivity index (χ0n) is 9.33. The van der Waals surface area contributed by atoms with Crippen molar-refractivity contribution in [2.45, 2.75) is 6.92 Å². The first kappa shape index (κ1) is 14.1. The molecule has 17 heavy (non-hydrogen) atoms. The largest absolute Gasteiger partial charge is 0.460 e. The van der Waals surface area contributed by atoms with Gasteiger partial charge in [-0.3, -0.25) is 0 Å². The molecule has 0 aliphatic heterocycles. The van der Waals surface area contributed by atoms with Gasteiger partial charge in [0.05, 0.1) is 27.9 Å². The van der Waals surface area contributed by atoms with Gasteiger partial charge in [-0.25, -0.2) is 4.79 Å². The van der Waals surface area contributed by atoms with Gasteiger partial charge in [0.25, 0.3) is 0 Å². The van der Waals surface area contributed by atoms with Crippen LogP contribution in [0.15, 0.2) is 12.1 Å². The van der Waals surface area contributed by atoms with E-state index in [0.717, 1.165) is 0 Å². The number of carbonyl (C=O) groups is 1. The summed E-state index contributed by atoms with van der Waals surface area (Å²) in [6.45, 7) is 2.99. The third kappa shape index (κ3) is 4.07. The van der Waals surface area contributed by atoms with Crippen LogP contribution in [0.1, 0.15) is 17.3 Å². The highest BCUT2D eigenvalue weighted by molar-refractivity contribution is 6.43. The van der Waals surface area contributed by atoms with Crippen LogP contribution in [0.4, 0.5) is 5.69 Å². The number of anilines is 1. The molecule has 0 atom stereocenters. The molecule has 0 aliphatic carbocycles. The average molecular weight is 278 g/mol. The number of halogens is 2. The Labute approximate surface area is 110 Å². The van der Waals surface area contributed by atoms with Crippen LogP contribution in [-0.2, 0) is 9.47 Å². The maximum atomic E-state index is 11.6. The lowest BCUT2D eigenvalue weighted by atomic mass is 10.2. The molecule has 0 heterocycles. The molecule has 0 spiro atoms. The van der Waals surface area contributed by atoms with E-state index < -0.39 is 5.97 Å². The van der Waals surface area contributed by atoms with E-state index in [1.54, 1.807) is 0 Å². The molecule has 1 aromatic rings. The topological polar surface area (TPSA) is 61.5 Å². The Morgan fingerprint density at radius 3 is 2.65 bits per heavy atom. The third-order valence-electron chi connectivity index (χ3n) is 1.96.